The molecule has 5 nitrogen and oxygen atoms in total. The molecule has 0 radical (unpaired) electrons. The molecule has 6 rings (SSSR count). The maximum atomic E-state index is 14.3. The zero-order valence-corrected chi connectivity index (χ0v) is 22.8. The van der Waals surface area contributed by atoms with E-state index in [1.807, 2.05) is 41.3 Å². The van der Waals surface area contributed by atoms with Crippen molar-refractivity contribution in [3.63, 3.8) is 0 Å². The summed E-state index contributed by atoms with van der Waals surface area (Å²) in [6.45, 7) is 1.31. The Balaban J connectivity index is 1.10. The van der Waals surface area contributed by atoms with Gasteiger partial charge >= 0.3 is 0 Å². The summed E-state index contributed by atoms with van der Waals surface area (Å²) < 4.78 is 59.4. The molecule has 0 amide bonds. The highest BCUT2D eigenvalue weighted by Gasteiger charge is 2.40. The van der Waals surface area contributed by atoms with Gasteiger partial charge in [-0.25, -0.2) is 17.2 Å². The van der Waals surface area contributed by atoms with Gasteiger partial charge in [-0.1, -0.05) is 36.4 Å². The number of hydrogen-bond donors (Lipinski definition) is 0. The van der Waals surface area contributed by atoms with Crippen molar-refractivity contribution in [1.29, 1.82) is 0 Å². The number of fused-ring (bicyclic) bond motifs is 1. The summed E-state index contributed by atoms with van der Waals surface area (Å²) in [6.07, 6.45) is 4.92. The Kier molecular flexibility index (Phi) is 7.04. The van der Waals surface area contributed by atoms with Crippen molar-refractivity contribution in [2.24, 2.45) is 0 Å². The molecule has 1 aromatic heterocycles. The lowest BCUT2D eigenvalue weighted by Gasteiger charge is -2.45. The Morgan fingerprint density at radius 3 is 2.35 bits per heavy atom. The van der Waals surface area contributed by atoms with E-state index in [9.17, 15) is 17.2 Å². The number of pyridine rings is 1. The zero-order valence-electron chi connectivity index (χ0n) is 22.0. The van der Waals surface area contributed by atoms with E-state index < -0.39 is 21.5 Å². The molecule has 8 heteroatoms. The lowest BCUT2D eigenvalue weighted by Crippen LogP contribution is -2.50. The second-order valence-corrected chi connectivity index (χ2v) is 12.8. The SMILES string of the molecule is O=S(=O)(Cc1ccc(-c2ccc3c(c2)CCC2(CCN(c4ccc(F)cc4F)CC2)O3)cc1)Cc1ccccn1. The van der Waals surface area contributed by atoms with E-state index in [1.165, 1.54) is 12.1 Å². The normalized spacial score (nSPS) is 16.4. The largest absolute Gasteiger partial charge is 0.487 e. The van der Waals surface area contributed by atoms with Crippen molar-refractivity contribution < 1.29 is 21.9 Å². The van der Waals surface area contributed by atoms with Crippen molar-refractivity contribution in [3.05, 3.63) is 114 Å². The van der Waals surface area contributed by atoms with Gasteiger partial charge in [-0.15, -0.1) is 0 Å². The maximum Gasteiger partial charge on any atom is 0.160 e. The summed E-state index contributed by atoms with van der Waals surface area (Å²) in [5, 5.41) is 0. The molecule has 0 saturated carbocycles. The number of rotatable bonds is 6. The molecule has 4 aromatic rings. The van der Waals surface area contributed by atoms with E-state index >= 15 is 0 Å². The minimum absolute atomic E-state index is 0.0325. The van der Waals surface area contributed by atoms with Crippen LogP contribution in [-0.2, 0) is 27.8 Å². The highest BCUT2D eigenvalue weighted by Crippen LogP contribution is 2.41. The van der Waals surface area contributed by atoms with Crippen LogP contribution in [0, 0.1) is 11.6 Å². The Bertz CT molecular complexity index is 1620. The van der Waals surface area contributed by atoms with Gasteiger partial charge < -0.3 is 9.64 Å². The number of anilines is 1. The predicted octanol–water partition coefficient (Wildman–Crippen LogP) is 6.51. The molecule has 0 N–H and O–H groups in total. The van der Waals surface area contributed by atoms with E-state index in [2.05, 4.69) is 11.1 Å². The van der Waals surface area contributed by atoms with Crippen molar-refractivity contribution >= 4 is 15.5 Å². The quantitative estimate of drug-likeness (QED) is 0.269. The molecule has 0 bridgehead atoms. The molecular weight excluding hydrogens is 530 g/mol. The number of benzene rings is 3. The van der Waals surface area contributed by atoms with Crippen LogP contribution in [0.3, 0.4) is 0 Å². The smallest absolute Gasteiger partial charge is 0.160 e. The molecule has 206 valence electrons. The van der Waals surface area contributed by atoms with Crippen LogP contribution in [0.5, 0.6) is 5.75 Å². The topological polar surface area (TPSA) is 59.5 Å². The first-order valence-corrected chi connectivity index (χ1v) is 15.3. The minimum Gasteiger partial charge on any atom is -0.487 e. The summed E-state index contributed by atoms with van der Waals surface area (Å²) in [5.41, 5.74) is 4.68. The van der Waals surface area contributed by atoms with Crippen molar-refractivity contribution in [3.8, 4) is 16.9 Å². The molecule has 0 atom stereocenters. The highest BCUT2D eigenvalue weighted by atomic mass is 32.2. The van der Waals surface area contributed by atoms with E-state index in [1.54, 1.807) is 24.4 Å². The van der Waals surface area contributed by atoms with E-state index in [0.29, 0.717) is 24.5 Å². The number of halogens is 2. The standard InChI is InChI=1S/C32H30F2N2O3S/c33-27-9-10-30(29(34)20-27)36-17-14-32(15-18-36)13-12-26-19-25(8-11-31(26)39-32)24-6-4-23(5-7-24)21-40(37,38)22-28-3-1-2-16-35-28/h1-11,16,19-20H,12-15,17-18,21-22H2. The number of hydrogen-bond acceptors (Lipinski definition) is 5. The number of aromatic nitrogens is 1. The number of nitrogens with zero attached hydrogens (tertiary/aromatic N) is 2. The molecule has 2 aliphatic heterocycles. The van der Waals surface area contributed by atoms with Gasteiger partial charge in [0.2, 0.25) is 0 Å². The van der Waals surface area contributed by atoms with Crippen LogP contribution >= 0.6 is 0 Å². The molecule has 3 heterocycles. The van der Waals surface area contributed by atoms with Crippen LogP contribution in [-0.4, -0.2) is 32.1 Å². The van der Waals surface area contributed by atoms with Crippen LogP contribution in [0.2, 0.25) is 0 Å². The summed E-state index contributed by atoms with van der Waals surface area (Å²) in [5.74, 6) is -0.328. The minimum atomic E-state index is -3.33. The molecule has 3 aromatic carbocycles. The summed E-state index contributed by atoms with van der Waals surface area (Å²) in [6, 6.07) is 22.9. The molecule has 1 saturated heterocycles. The van der Waals surface area contributed by atoms with Crippen LogP contribution in [0.15, 0.2) is 85.1 Å². The van der Waals surface area contributed by atoms with E-state index in [4.69, 9.17) is 4.74 Å². The number of ether oxygens (including phenoxy) is 1. The summed E-state index contributed by atoms with van der Waals surface area (Å²) >= 11 is 0. The van der Waals surface area contributed by atoms with Crippen molar-refractivity contribution in [2.75, 3.05) is 18.0 Å². The molecule has 1 spiro atoms. The van der Waals surface area contributed by atoms with Crippen molar-refractivity contribution in [1.82, 2.24) is 4.98 Å². The summed E-state index contributed by atoms with van der Waals surface area (Å²) in [7, 11) is -3.33. The van der Waals surface area contributed by atoms with Gasteiger partial charge in [0.05, 0.1) is 22.9 Å². The van der Waals surface area contributed by atoms with Crippen molar-refractivity contribution in [2.45, 2.75) is 42.8 Å². The second-order valence-electron chi connectivity index (χ2n) is 10.7. The van der Waals surface area contributed by atoms with Crippen LogP contribution in [0.25, 0.3) is 11.1 Å². The average molecular weight is 561 g/mol. The molecule has 40 heavy (non-hydrogen) atoms. The third-order valence-electron chi connectivity index (χ3n) is 7.93. The van der Waals surface area contributed by atoms with E-state index in [-0.39, 0.29) is 17.1 Å². The van der Waals surface area contributed by atoms with Crippen LogP contribution < -0.4 is 9.64 Å². The highest BCUT2D eigenvalue weighted by molar-refractivity contribution is 7.89. The molecule has 1 fully saturated rings. The molecular formula is C32H30F2N2O3S. The zero-order chi connectivity index (χ0) is 27.7. The third-order valence-corrected chi connectivity index (χ3v) is 9.44. The van der Waals surface area contributed by atoms with Gasteiger partial charge in [0.1, 0.15) is 23.0 Å². The fourth-order valence-corrected chi connectivity index (χ4v) is 7.18. The Morgan fingerprint density at radius 2 is 1.62 bits per heavy atom. The van der Waals surface area contributed by atoms with Crippen LogP contribution in [0.4, 0.5) is 14.5 Å². The van der Waals surface area contributed by atoms with Gasteiger partial charge in [-0.3, -0.25) is 4.98 Å². The van der Waals surface area contributed by atoms with Gasteiger partial charge in [-0.05, 0) is 71.5 Å². The average Bonchev–Trinajstić information content (AvgIpc) is 2.94. The van der Waals surface area contributed by atoms with Gasteiger partial charge in [0.25, 0.3) is 0 Å². The molecule has 0 aliphatic carbocycles. The van der Waals surface area contributed by atoms with Gasteiger partial charge in [0, 0.05) is 38.2 Å². The third kappa shape index (κ3) is 5.72. The number of piperidine rings is 1. The van der Waals surface area contributed by atoms with Gasteiger partial charge in [-0.2, -0.15) is 0 Å². The molecule has 0 unspecified atom stereocenters. The predicted molar refractivity (Wildman–Crippen MR) is 152 cm³/mol. The first-order valence-electron chi connectivity index (χ1n) is 13.5. The first kappa shape index (κ1) is 26.4. The lowest BCUT2D eigenvalue weighted by molar-refractivity contribution is 0.0225. The lowest BCUT2D eigenvalue weighted by atomic mass is 9.82. The Hall–Kier alpha value is -3.78. The maximum absolute atomic E-state index is 14.3. The number of sulfone groups is 1. The molecule has 2 aliphatic rings. The monoisotopic (exact) mass is 560 g/mol. The number of aryl methyl sites for hydroxylation is 1. The van der Waals surface area contributed by atoms with Gasteiger partial charge in [0.15, 0.2) is 9.84 Å². The second kappa shape index (κ2) is 10.7. The first-order chi connectivity index (χ1) is 19.3. The van der Waals surface area contributed by atoms with Crippen LogP contribution in [0.1, 0.15) is 36.1 Å². The summed E-state index contributed by atoms with van der Waals surface area (Å²) in [4.78, 5) is 6.10. The fourth-order valence-electron chi connectivity index (χ4n) is 5.75. The Labute approximate surface area is 233 Å². The van der Waals surface area contributed by atoms with E-state index in [0.717, 1.165) is 59.8 Å². The Morgan fingerprint density at radius 1 is 0.850 bits per heavy atom. The fraction of sp³-hybridized carbons (Fsp3) is 0.281.